The minimum atomic E-state index is -0.379. The normalized spacial score (nSPS) is 13.4. The highest BCUT2D eigenvalue weighted by Crippen LogP contribution is 2.38. The van der Waals surface area contributed by atoms with E-state index in [1.807, 2.05) is 0 Å². The Morgan fingerprint density at radius 2 is 2.00 bits per heavy atom. The Balaban J connectivity index is 1.50. The van der Waals surface area contributed by atoms with Gasteiger partial charge in [0.15, 0.2) is 11.0 Å². The fraction of sp³-hybridized carbons (Fsp3) is 0.500. The Bertz CT molecular complexity index is 1190. The van der Waals surface area contributed by atoms with Crippen LogP contribution in [0.2, 0.25) is 0 Å². The molecule has 4 rings (SSSR count). The highest BCUT2D eigenvalue weighted by Gasteiger charge is 2.26. The lowest BCUT2D eigenvalue weighted by atomic mass is 10.1. The first-order valence-corrected chi connectivity index (χ1v) is 14.3. The lowest BCUT2D eigenvalue weighted by Gasteiger charge is -2.09. The summed E-state index contributed by atoms with van der Waals surface area (Å²) in [4.78, 5) is 27.9. The molecule has 0 bridgehead atoms. The zero-order valence-electron chi connectivity index (χ0n) is 20.0. The predicted molar refractivity (Wildman–Crippen MR) is 139 cm³/mol. The molecular formula is C24H30N4O3S3. The second-order valence-electron chi connectivity index (χ2n) is 8.19. The number of rotatable bonds is 8. The van der Waals surface area contributed by atoms with Gasteiger partial charge in [-0.15, -0.1) is 32.9 Å². The molecule has 0 aromatic carbocycles. The maximum Gasteiger partial charge on any atom is 0.341 e. The Kier molecular flexibility index (Phi) is 8.10. The molecule has 1 N–H and O–H groups in total. The van der Waals surface area contributed by atoms with Crippen LogP contribution in [0, 0.1) is 6.92 Å². The summed E-state index contributed by atoms with van der Waals surface area (Å²) in [6, 6.07) is 0. The van der Waals surface area contributed by atoms with Crippen molar-refractivity contribution in [1.82, 2.24) is 14.8 Å². The van der Waals surface area contributed by atoms with Gasteiger partial charge in [-0.05, 0) is 57.1 Å². The van der Waals surface area contributed by atoms with E-state index in [2.05, 4.69) is 46.2 Å². The average molecular weight is 519 g/mol. The van der Waals surface area contributed by atoms with E-state index >= 15 is 0 Å². The lowest BCUT2D eigenvalue weighted by molar-refractivity contribution is -0.113. The van der Waals surface area contributed by atoms with Crippen molar-refractivity contribution in [3.8, 4) is 11.4 Å². The quantitative estimate of drug-likeness (QED) is 0.232. The number of thiophene rings is 2. The van der Waals surface area contributed by atoms with Crippen molar-refractivity contribution >= 4 is 51.3 Å². The highest BCUT2D eigenvalue weighted by molar-refractivity contribution is 7.99. The van der Waals surface area contributed by atoms with Gasteiger partial charge in [0.2, 0.25) is 5.91 Å². The fourth-order valence-electron chi connectivity index (χ4n) is 4.43. The van der Waals surface area contributed by atoms with E-state index in [-0.39, 0.29) is 17.6 Å². The smallest absolute Gasteiger partial charge is 0.341 e. The first-order chi connectivity index (χ1) is 16.5. The van der Waals surface area contributed by atoms with E-state index in [4.69, 9.17) is 4.74 Å². The molecule has 1 amide bonds. The third kappa shape index (κ3) is 4.94. The van der Waals surface area contributed by atoms with Crippen molar-refractivity contribution in [2.75, 3.05) is 18.2 Å². The lowest BCUT2D eigenvalue weighted by Crippen LogP contribution is -2.16. The minimum absolute atomic E-state index is 0.167. The second kappa shape index (κ2) is 11.0. The number of fused-ring (bicyclic) bond motifs is 1. The maximum absolute atomic E-state index is 12.9. The van der Waals surface area contributed by atoms with Crippen molar-refractivity contribution in [3.05, 3.63) is 31.8 Å². The first-order valence-electron chi connectivity index (χ1n) is 11.6. The van der Waals surface area contributed by atoms with E-state index in [1.54, 1.807) is 11.3 Å². The van der Waals surface area contributed by atoms with Crippen molar-refractivity contribution < 1.29 is 14.3 Å². The number of carbonyl (C=O) groups excluding carboxylic acids is 2. The molecule has 0 radical (unpaired) electrons. The number of nitrogens with one attached hydrogen (secondary N) is 1. The van der Waals surface area contributed by atoms with Crippen LogP contribution in [0.3, 0.4) is 0 Å². The van der Waals surface area contributed by atoms with Gasteiger partial charge in [0, 0.05) is 27.2 Å². The van der Waals surface area contributed by atoms with Crippen LogP contribution in [0.1, 0.15) is 64.3 Å². The first kappa shape index (κ1) is 24.9. The van der Waals surface area contributed by atoms with E-state index in [0.29, 0.717) is 22.3 Å². The summed E-state index contributed by atoms with van der Waals surface area (Å²) in [5.74, 6) is 0.487. The topological polar surface area (TPSA) is 86.1 Å². The molecule has 10 heteroatoms. The Hall–Kier alpha value is -2.17. The Morgan fingerprint density at radius 1 is 1.21 bits per heavy atom. The SMILES string of the molecule is CCc1c(-c2nnc(SCC(=O)Nc3sc4c(c3C(=O)OC)CCCCC4)n2CC)csc1C. The second-order valence-corrected chi connectivity index (χ2v) is 11.3. The molecule has 34 heavy (non-hydrogen) atoms. The minimum Gasteiger partial charge on any atom is -0.465 e. The number of thioether (sulfide) groups is 1. The molecule has 182 valence electrons. The number of aryl methyl sites for hydroxylation is 2. The Morgan fingerprint density at radius 3 is 2.74 bits per heavy atom. The standard InChI is InChI=1S/C24H30N4O3S3/c1-5-15-14(3)32-12-17(15)21-26-27-24(28(21)6-2)33-13-19(29)25-22-20(23(30)31-4)16-10-8-7-9-11-18(16)34-22/h12H,5-11,13H2,1-4H3,(H,25,29). The van der Waals surface area contributed by atoms with Crippen LogP contribution in [0.4, 0.5) is 5.00 Å². The van der Waals surface area contributed by atoms with Crippen LogP contribution >= 0.6 is 34.4 Å². The molecule has 3 aromatic rings. The van der Waals surface area contributed by atoms with Crippen molar-refractivity contribution in [2.45, 2.75) is 71.0 Å². The summed E-state index contributed by atoms with van der Waals surface area (Å²) in [6.07, 6.45) is 6.06. The van der Waals surface area contributed by atoms with Gasteiger partial charge < -0.3 is 14.6 Å². The van der Waals surface area contributed by atoms with Gasteiger partial charge in [0.1, 0.15) is 5.00 Å². The number of nitrogens with zero attached hydrogens (tertiary/aromatic N) is 3. The van der Waals surface area contributed by atoms with Crippen LogP contribution in [-0.2, 0) is 35.3 Å². The molecule has 1 aliphatic carbocycles. The molecule has 7 nitrogen and oxygen atoms in total. The Labute approximate surface area is 212 Å². The number of methoxy groups -OCH3 is 1. The number of hydrogen-bond acceptors (Lipinski definition) is 8. The summed E-state index contributed by atoms with van der Waals surface area (Å²) in [5, 5.41) is 15.3. The van der Waals surface area contributed by atoms with Gasteiger partial charge in [-0.3, -0.25) is 4.79 Å². The van der Waals surface area contributed by atoms with Crippen LogP contribution in [0.15, 0.2) is 10.5 Å². The van der Waals surface area contributed by atoms with Crippen LogP contribution in [0.25, 0.3) is 11.4 Å². The fourth-order valence-corrected chi connectivity index (χ4v) is 7.46. The summed E-state index contributed by atoms with van der Waals surface area (Å²) >= 11 is 4.60. The monoisotopic (exact) mass is 518 g/mol. The average Bonchev–Trinajstić information content (AvgIpc) is 3.46. The summed E-state index contributed by atoms with van der Waals surface area (Å²) < 4.78 is 7.10. The van der Waals surface area contributed by atoms with Crippen molar-refractivity contribution in [2.24, 2.45) is 0 Å². The highest BCUT2D eigenvalue weighted by atomic mass is 32.2. The summed E-state index contributed by atoms with van der Waals surface area (Å²) in [6.45, 7) is 7.06. The van der Waals surface area contributed by atoms with Crippen LogP contribution in [0.5, 0.6) is 0 Å². The van der Waals surface area contributed by atoms with E-state index < -0.39 is 0 Å². The summed E-state index contributed by atoms with van der Waals surface area (Å²) in [5.41, 5.74) is 4.00. The molecule has 0 saturated carbocycles. The van der Waals surface area contributed by atoms with E-state index in [9.17, 15) is 9.59 Å². The van der Waals surface area contributed by atoms with Gasteiger partial charge in [-0.25, -0.2) is 4.79 Å². The molecule has 0 fully saturated rings. The molecular weight excluding hydrogens is 488 g/mol. The molecule has 0 aliphatic heterocycles. The largest absolute Gasteiger partial charge is 0.465 e. The van der Waals surface area contributed by atoms with Crippen LogP contribution in [-0.4, -0.2) is 39.5 Å². The number of amides is 1. The molecule has 0 saturated heterocycles. The molecule has 0 spiro atoms. The van der Waals surface area contributed by atoms with Crippen LogP contribution < -0.4 is 5.32 Å². The number of aromatic nitrogens is 3. The number of ether oxygens (including phenoxy) is 1. The molecule has 3 aromatic heterocycles. The number of esters is 1. The van der Waals surface area contributed by atoms with E-state index in [0.717, 1.165) is 55.5 Å². The number of hydrogen-bond donors (Lipinski definition) is 1. The van der Waals surface area contributed by atoms with Gasteiger partial charge >= 0.3 is 5.97 Å². The third-order valence-corrected chi connectivity index (χ3v) is 9.25. The van der Waals surface area contributed by atoms with E-state index in [1.165, 1.54) is 45.5 Å². The molecule has 3 heterocycles. The van der Waals surface area contributed by atoms with Gasteiger partial charge in [-0.2, -0.15) is 0 Å². The number of anilines is 1. The van der Waals surface area contributed by atoms with Gasteiger partial charge in [0.25, 0.3) is 0 Å². The number of carbonyl (C=O) groups is 2. The van der Waals surface area contributed by atoms with Crippen molar-refractivity contribution in [1.29, 1.82) is 0 Å². The van der Waals surface area contributed by atoms with Gasteiger partial charge in [0.05, 0.1) is 18.4 Å². The van der Waals surface area contributed by atoms with Crippen molar-refractivity contribution in [3.63, 3.8) is 0 Å². The van der Waals surface area contributed by atoms with Gasteiger partial charge in [-0.1, -0.05) is 25.1 Å². The summed E-state index contributed by atoms with van der Waals surface area (Å²) in [7, 11) is 1.39. The zero-order valence-corrected chi connectivity index (χ0v) is 22.5. The molecule has 0 atom stereocenters. The molecule has 0 unspecified atom stereocenters. The third-order valence-electron chi connectivity index (χ3n) is 6.13. The molecule has 1 aliphatic rings. The predicted octanol–water partition coefficient (Wildman–Crippen LogP) is 5.75. The zero-order chi connectivity index (χ0) is 24.2. The maximum atomic E-state index is 12.9.